The zero-order chi connectivity index (χ0) is 21.7. The lowest BCUT2D eigenvalue weighted by molar-refractivity contribution is 0.177. The molecule has 0 radical (unpaired) electrons. The van der Waals surface area contributed by atoms with Crippen LogP contribution in [-0.4, -0.2) is 32.2 Å². The monoisotopic (exact) mass is 443 g/mol. The van der Waals surface area contributed by atoms with Crippen molar-refractivity contribution < 1.29 is 13.6 Å². The molecule has 1 saturated heterocycles. The number of nitrogens with zero attached hydrogens (tertiary/aromatic N) is 3. The van der Waals surface area contributed by atoms with E-state index >= 15 is 0 Å². The van der Waals surface area contributed by atoms with E-state index in [1.165, 1.54) is 30.5 Å². The van der Waals surface area contributed by atoms with Crippen molar-refractivity contribution in [2.24, 2.45) is 0 Å². The number of aromatic amines is 1. The number of amides is 2. The van der Waals surface area contributed by atoms with Crippen molar-refractivity contribution >= 4 is 23.3 Å². The second-order valence-electron chi connectivity index (χ2n) is 7.61. The second-order valence-corrected chi connectivity index (χ2v) is 8.02. The minimum Gasteiger partial charge on any atom is -0.313 e. The third-order valence-corrected chi connectivity index (χ3v) is 6.08. The Kier molecular flexibility index (Phi) is 4.70. The van der Waals surface area contributed by atoms with Crippen LogP contribution in [0, 0.1) is 11.8 Å². The molecule has 2 N–H and O–H groups in total. The molecule has 2 bridgehead atoms. The van der Waals surface area contributed by atoms with Gasteiger partial charge in [-0.1, -0.05) is 11.6 Å². The highest BCUT2D eigenvalue weighted by Gasteiger charge is 2.44. The lowest BCUT2D eigenvalue weighted by Crippen LogP contribution is -2.45. The maximum atomic E-state index is 14.8. The van der Waals surface area contributed by atoms with Gasteiger partial charge in [0.15, 0.2) is 0 Å². The van der Waals surface area contributed by atoms with Crippen molar-refractivity contribution in [3.8, 4) is 11.1 Å². The number of pyridine rings is 1. The average molecular weight is 444 g/mol. The summed E-state index contributed by atoms with van der Waals surface area (Å²) in [5, 5.41) is 9.35. The standard InChI is InChI=1S/C21H16ClF2N5O2/c22-14-8-16(15(23)7-13(14)10-1-4-18(24)25-9-10)26-21(31)29-12-2-3-17(29)20-11(5-12)6-19(30)27-28-20/h1,4,6-9,12,17H,2-3,5H2,(H,26,31)(H,27,30)/t12-,17+/m0/s1. The van der Waals surface area contributed by atoms with Gasteiger partial charge in [-0.2, -0.15) is 9.49 Å². The van der Waals surface area contributed by atoms with Crippen LogP contribution >= 0.6 is 11.6 Å². The predicted octanol–water partition coefficient (Wildman–Crippen LogP) is 4.06. The highest BCUT2D eigenvalue weighted by atomic mass is 35.5. The number of hydrogen-bond acceptors (Lipinski definition) is 4. The molecule has 1 fully saturated rings. The van der Waals surface area contributed by atoms with Crippen molar-refractivity contribution in [3.63, 3.8) is 0 Å². The van der Waals surface area contributed by atoms with Gasteiger partial charge >= 0.3 is 6.03 Å². The van der Waals surface area contributed by atoms with E-state index in [1.54, 1.807) is 4.90 Å². The van der Waals surface area contributed by atoms with Gasteiger partial charge in [-0.25, -0.2) is 19.3 Å². The summed E-state index contributed by atoms with van der Waals surface area (Å²) in [5.41, 5.74) is 1.96. The molecule has 0 saturated carbocycles. The quantitative estimate of drug-likeness (QED) is 0.584. The first-order valence-electron chi connectivity index (χ1n) is 9.69. The van der Waals surface area contributed by atoms with Crippen LogP contribution in [0.3, 0.4) is 0 Å². The Morgan fingerprint density at radius 1 is 1.23 bits per heavy atom. The van der Waals surface area contributed by atoms with Crippen LogP contribution in [0.25, 0.3) is 11.1 Å². The fourth-order valence-corrected chi connectivity index (χ4v) is 4.67. The minimum absolute atomic E-state index is 0.0616. The summed E-state index contributed by atoms with van der Waals surface area (Å²) in [6.07, 6.45) is 3.26. The smallest absolute Gasteiger partial charge is 0.313 e. The number of carbonyl (C=O) groups excluding carboxylic acids is 1. The van der Waals surface area contributed by atoms with E-state index in [2.05, 4.69) is 20.5 Å². The van der Waals surface area contributed by atoms with Crippen LogP contribution in [-0.2, 0) is 6.42 Å². The number of aromatic nitrogens is 3. The summed E-state index contributed by atoms with van der Waals surface area (Å²) in [5.74, 6) is -1.33. The number of anilines is 1. The number of nitrogens with one attached hydrogen (secondary N) is 2. The Hall–Kier alpha value is -3.33. The SMILES string of the molecule is O=C(Nc1cc(Cl)c(-c2ccc(F)nc2)cc1F)N1[C@H]2CC[C@@H]1c1n[nH]c(=O)cc1C2. The van der Waals surface area contributed by atoms with Crippen LogP contribution < -0.4 is 10.9 Å². The molecule has 158 valence electrons. The number of urea groups is 1. The first-order chi connectivity index (χ1) is 14.9. The highest BCUT2D eigenvalue weighted by Crippen LogP contribution is 2.42. The summed E-state index contributed by atoms with van der Waals surface area (Å²) in [7, 11) is 0. The van der Waals surface area contributed by atoms with Crippen LogP contribution in [0.1, 0.15) is 30.1 Å². The summed E-state index contributed by atoms with van der Waals surface area (Å²) in [4.78, 5) is 29.8. The molecule has 2 aliphatic heterocycles. The maximum Gasteiger partial charge on any atom is 0.322 e. The third-order valence-electron chi connectivity index (χ3n) is 5.77. The fourth-order valence-electron chi connectivity index (χ4n) is 4.40. The maximum absolute atomic E-state index is 14.8. The van der Waals surface area contributed by atoms with Gasteiger partial charge < -0.3 is 10.2 Å². The topological polar surface area (TPSA) is 91.0 Å². The fraction of sp³-hybridized carbons (Fsp3) is 0.238. The Morgan fingerprint density at radius 3 is 2.84 bits per heavy atom. The zero-order valence-corrected chi connectivity index (χ0v) is 16.8. The number of fused-ring (bicyclic) bond motifs is 4. The molecule has 2 aromatic heterocycles. The van der Waals surface area contributed by atoms with E-state index in [0.717, 1.165) is 18.1 Å². The first kappa shape index (κ1) is 19.6. The summed E-state index contributed by atoms with van der Waals surface area (Å²) in [6, 6.07) is 5.79. The van der Waals surface area contributed by atoms with Gasteiger partial charge in [-0.3, -0.25) is 4.79 Å². The van der Waals surface area contributed by atoms with E-state index in [1.807, 2.05) is 0 Å². The molecule has 7 nitrogen and oxygen atoms in total. The molecule has 31 heavy (non-hydrogen) atoms. The van der Waals surface area contributed by atoms with Gasteiger partial charge in [0, 0.05) is 29.4 Å². The molecule has 0 aliphatic carbocycles. The minimum atomic E-state index is -0.677. The molecule has 10 heteroatoms. The summed E-state index contributed by atoms with van der Waals surface area (Å²) in [6.45, 7) is 0. The van der Waals surface area contributed by atoms with Gasteiger partial charge in [-0.15, -0.1) is 0 Å². The molecule has 2 atom stereocenters. The molecule has 5 rings (SSSR count). The molecule has 2 aliphatic rings. The number of halogens is 3. The van der Waals surface area contributed by atoms with E-state index < -0.39 is 17.8 Å². The number of H-pyrrole nitrogens is 1. The average Bonchev–Trinajstić information content (AvgIpc) is 3.06. The lowest BCUT2D eigenvalue weighted by Gasteiger charge is -2.35. The predicted molar refractivity (Wildman–Crippen MR) is 110 cm³/mol. The Morgan fingerprint density at radius 2 is 2.06 bits per heavy atom. The zero-order valence-electron chi connectivity index (χ0n) is 16.0. The van der Waals surface area contributed by atoms with Crippen molar-refractivity contribution in [1.29, 1.82) is 0 Å². The largest absolute Gasteiger partial charge is 0.322 e. The van der Waals surface area contributed by atoms with Gasteiger partial charge in [0.05, 0.1) is 22.4 Å². The van der Waals surface area contributed by atoms with Gasteiger partial charge in [0.2, 0.25) is 5.95 Å². The molecule has 4 heterocycles. The van der Waals surface area contributed by atoms with Gasteiger partial charge in [-0.05, 0) is 49.1 Å². The molecular formula is C21H16ClF2N5O2. The van der Waals surface area contributed by atoms with E-state index in [0.29, 0.717) is 29.7 Å². The van der Waals surface area contributed by atoms with Crippen LogP contribution in [0.2, 0.25) is 5.02 Å². The molecule has 3 aromatic rings. The van der Waals surface area contributed by atoms with Crippen molar-refractivity contribution in [3.05, 3.63) is 74.9 Å². The molecular weight excluding hydrogens is 428 g/mol. The van der Waals surface area contributed by atoms with Crippen LogP contribution in [0.5, 0.6) is 0 Å². The second kappa shape index (κ2) is 7.42. The lowest BCUT2D eigenvalue weighted by atomic mass is 9.99. The summed E-state index contributed by atoms with van der Waals surface area (Å²) < 4.78 is 27.8. The number of carbonyl (C=O) groups is 1. The molecule has 2 amide bonds. The van der Waals surface area contributed by atoms with E-state index in [4.69, 9.17) is 11.6 Å². The Balaban J connectivity index is 1.41. The molecule has 0 spiro atoms. The first-order valence-corrected chi connectivity index (χ1v) is 10.1. The van der Waals surface area contributed by atoms with Crippen molar-refractivity contribution in [2.45, 2.75) is 31.3 Å². The van der Waals surface area contributed by atoms with Crippen LogP contribution in [0.4, 0.5) is 19.3 Å². The number of hydrogen-bond donors (Lipinski definition) is 2. The third kappa shape index (κ3) is 3.44. The highest BCUT2D eigenvalue weighted by molar-refractivity contribution is 6.33. The molecule has 1 aromatic carbocycles. The van der Waals surface area contributed by atoms with Gasteiger partial charge in [0.1, 0.15) is 5.82 Å². The van der Waals surface area contributed by atoms with Crippen molar-refractivity contribution in [2.75, 3.05) is 5.32 Å². The summed E-state index contributed by atoms with van der Waals surface area (Å²) >= 11 is 6.30. The number of benzene rings is 1. The molecule has 0 unspecified atom stereocenters. The van der Waals surface area contributed by atoms with Gasteiger partial charge in [0.25, 0.3) is 5.56 Å². The van der Waals surface area contributed by atoms with Crippen LogP contribution in [0.15, 0.2) is 41.3 Å². The van der Waals surface area contributed by atoms with E-state index in [-0.39, 0.29) is 28.4 Å². The van der Waals surface area contributed by atoms with Crippen molar-refractivity contribution in [1.82, 2.24) is 20.1 Å². The Labute approximate surface area is 180 Å². The van der Waals surface area contributed by atoms with E-state index in [9.17, 15) is 18.4 Å². The Bertz CT molecular complexity index is 1250. The number of rotatable bonds is 2. The normalized spacial score (nSPS) is 19.3.